The molecule has 2 atom stereocenters. The number of fused-ring (bicyclic) bond motifs is 2. The Kier molecular flexibility index (Phi) is 8.23. The van der Waals surface area contributed by atoms with Gasteiger partial charge in [0.25, 0.3) is 5.91 Å². The molecule has 2 heterocycles. The van der Waals surface area contributed by atoms with Gasteiger partial charge in [-0.05, 0) is 54.8 Å². The zero-order valence-corrected chi connectivity index (χ0v) is 21.1. The standard InChI is InChI=1S/C32H31N3O3/c36-29(22-34-18-16-24-11-8-17-33-21-24)28(19-23-9-2-1-3-10-23)35-32(37)27-20-25-12-4-6-14-30(25)38-31-15-7-5-13-26(27)31/h1-15,17,20-21,28-29,34,36H,16,18-19,22H2,(H,35,37)/t28-,29+/m0/s1. The van der Waals surface area contributed by atoms with Crippen LogP contribution in [0.1, 0.15) is 22.3 Å². The van der Waals surface area contributed by atoms with Crippen LogP contribution in [0.4, 0.5) is 0 Å². The minimum absolute atomic E-state index is 0.256. The van der Waals surface area contributed by atoms with Crippen molar-refractivity contribution in [3.63, 3.8) is 0 Å². The summed E-state index contributed by atoms with van der Waals surface area (Å²) in [6.07, 6.45) is 5.97. The van der Waals surface area contributed by atoms with Gasteiger partial charge < -0.3 is 20.5 Å². The summed E-state index contributed by atoms with van der Waals surface area (Å²) in [6.45, 7) is 1.04. The highest BCUT2D eigenvalue weighted by Crippen LogP contribution is 2.37. The monoisotopic (exact) mass is 505 g/mol. The predicted molar refractivity (Wildman–Crippen MR) is 150 cm³/mol. The Morgan fingerprint density at radius 2 is 1.61 bits per heavy atom. The van der Waals surface area contributed by atoms with Crippen molar-refractivity contribution in [2.75, 3.05) is 13.1 Å². The number of pyridine rings is 1. The van der Waals surface area contributed by atoms with Crippen molar-refractivity contribution in [3.8, 4) is 11.5 Å². The molecule has 1 aliphatic rings. The molecule has 0 saturated heterocycles. The number of hydrogen-bond donors (Lipinski definition) is 3. The van der Waals surface area contributed by atoms with Crippen LogP contribution in [-0.4, -0.2) is 41.2 Å². The number of benzene rings is 3. The molecule has 0 radical (unpaired) electrons. The molecule has 5 rings (SSSR count). The van der Waals surface area contributed by atoms with Gasteiger partial charge in [0, 0.05) is 30.1 Å². The molecule has 0 bridgehead atoms. The first kappa shape index (κ1) is 25.4. The Morgan fingerprint density at radius 1 is 0.868 bits per heavy atom. The molecule has 6 heteroatoms. The maximum atomic E-state index is 13.8. The van der Waals surface area contributed by atoms with Gasteiger partial charge in [0.2, 0.25) is 0 Å². The Morgan fingerprint density at radius 3 is 2.42 bits per heavy atom. The van der Waals surface area contributed by atoms with E-state index >= 15 is 0 Å². The molecule has 3 N–H and O–H groups in total. The summed E-state index contributed by atoms with van der Waals surface area (Å²) in [5.41, 5.74) is 4.21. The number of ether oxygens (including phenoxy) is 1. The van der Waals surface area contributed by atoms with Gasteiger partial charge in [-0.15, -0.1) is 0 Å². The van der Waals surface area contributed by atoms with Gasteiger partial charge in [-0.1, -0.05) is 72.8 Å². The number of aromatic nitrogens is 1. The second kappa shape index (κ2) is 12.3. The molecular weight excluding hydrogens is 474 g/mol. The molecule has 1 amide bonds. The number of carbonyl (C=O) groups is 1. The maximum absolute atomic E-state index is 13.8. The van der Waals surface area contributed by atoms with Crippen LogP contribution in [0.15, 0.2) is 103 Å². The number of carbonyl (C=O) groups excluding carboxylic acids is 1. The summed E-state index contributed by atoms with van der Waals surface area (Å²) in [5, 5.41) is 17.6. The van der Waals surface area contributed by atoms with Crippen LogP contribution in [0.25, 0.3) is 11.6 Å². The lowest BCUT2D eigenvalue weighted by Gasteiger charge is -2.25. The summed E-state index contributed by atoms with van der Waals surface area (Å²) < 4.78 is 6.14. The summed E-state index contributed by atoms with van der Waals surface area (Å²) in [6, 6.07) is 28.5. The summed E-state index contributed by atoms with van der Waals surface area (Å²) in [5.74, 6) is 1.06. The molecule has 1 aliphatic heterocycles. The van der Waals surface area contributed by atoms with Crippen molar-refractivity contribution >= 4 is 17.6 Å². The smallest absolute Gasteiger partial charge is 0.252 e. The van der Waals surface area contributed by atoms with E-state index in [0.29, 0.717) is 42.1 Å². The number of nitrogens with zero attached hydrogens (tertiary/aromatic N) is 1. The molecule has 192 valence electrons. The minimum Gasteiger partial charge on any atom is -0.456 e. The third-order valence-corrected chi connectivity index (χ3v) is 6.61. The number of para-hydroxylation sites is 2. The molecule has 0 aliphatic carbocycles. The molecule has 0 saturated carbocycles. The lowest BCUT2D eigenvalue weighted by atomic mass is 9.98. The molecule has 4 aromatic rings. The summed E-state index contributed by atoms with van der Waals surface area (Å²) in [4.78, 5) is 17.9. The van der Waals surface area contributed by atoms with E-state index in [1.54, 1.807) is 6.20 Å². The molecule has 6 nitrogen and oxygen atoms in total. The lowest BCUT2D eigenvalue weighted by molar-refractivity contribution is -0.117. The summed E-state index contributed by atoms with van der Waals surface area (Å²) in [7, 11) is 0. The van der Waals surface area contributed by atoms with Crippen LogP contribution < -0.4 is 15.4 Å². The van der Waals surface area contributed by atoms with E-state index in [2.05, 4.69) is 15.6 Å². The Labute approximate surface area is 223 Å². The van der Waals surface area contributed by atoms with Gasteiger partial charge >= 0.3 is 0 Å². The largest absolute Gasteiger partial charge is 0.456 e. The number of aliphatic hydroxyl groups is 1. The average molecular weight is 506 g/mol. The number of hydrogen-bond acceptors (Lipinski definition) is 5. The lowest BCUT2D eigenvalue weighted by Crippen LogP contribution is -2.49. The van der Waals surface area contributed by atoms with Crippen molar-refractivity contribution in [2.24, 2.45) is 0 Å². The highest BCUT2D eigenvalue weighted by molar-refractivity contribution is 6.25. The molecule has 0 fully saturated rings. The molecule has 0 spiro atoms. The SMILES string of the molecule is O=C(N[C@@H](Cc1ccccc1)[C@H](O)CNCCc1cccnc1)C1=Cc2ccccc2Oc2ccccc21. The van der Waals surface area contributed by atoms with Crippen molar-refractivity contribution in [2.45, 2.75) is 25.0 Å². The fourth-order valence-electron chi connectivity index (χ4n) is 4.58. The van der Waals surface area contributed by atoms with Crippen LogP contribution in [0.2, 0.25) is 0 Å². The van der Waals surface area contributed by atoms with E-state index in [1.807, 2.05) is 103 Å². The predicted octanol–water partition coefficient (Wildman–Crippen LogP) is 4.65. The number of aliphatic hydroxyl groups excluding tert-OH is 1. The fourth-order valence-corrected chi connectivity index (χ4v) is 4.58. The Hall–Kier alpha value is -4.26. The normalized spacial score (nSPS) is 13.7. The fraction of sp³-hybridized carbons (Fsp3) is 0.188. The van der Waals surface area contributed by atoms with Crippen LogP contribution in [-0.2, 0) is 17.6 Å². The van der Waals surface area contributed by atoms with E-state index in [4.69, 9.17) is 4.74 Å². The molecular formula is C32H31N3O3. The first-order valence-electron chi connectivity index (χ1n) is 12.9. The zero-order chi connectivity index (χ0) is 26.2. The van der Waals surface area contributed by atoms with Gasteiger partial charge in [0.1, 0.15) is 11.5 Å². The van der Waals surface area contributed by atoms with Gasteiger partial charge in [-0.2, -0.15) is 0 Å². The maximum Gasteiger partial charge on any atom is 0.252 e. The number of amides is 1. The van der Waals surface area contributed by atoms with E-state index in [0.717, 1.165) is 23.1 Å². The quantitative estimate of drug-likeness (QED) is 0.273. The highest BCUT2D eigenvalue weighted by atomic mass is 16.5. The van der Waals surface area contributed by atoms with Gasteiger partial charge in [0.05, 0.1) is 17.7 Å². The van der Waals surface area contributed by atoms with Crippen molar-refractivity contribution in [1.29, 1.82) is 0 Å². The first-order chi connectivity index (χ1) is 18.7. The van der Waals surface area contributed by atoms with Crippen molar-refractivity contribution < 1.29 is 14.6 Å². The van der Waals surface area contributed by atoms with E-state index in [9.17, 15) is 9.90 Å². The second-order valence-corrected chi connectivity index (χ2v) is 9.35. The van der Waals surface area contributed by atoms with Crippen LogP contribution in [0.5, 0.6) is 11.5 Å². The van der Waals surface area contributed by atoms with Crippen LogP contribution >= 0.6 is 0 Å². The molecule has 1 aromatic heterocycles. The van der Waals surface area contributed by atoms with Gasteiger partial charge in [0.15, 0.2) is 0 Å². The van der Waals surface area contributed by atoms with Gasteiger partial charge in [-0.25, -0.2) is 0 Å². The van der Waals surface area contributed by atoms with E-state index < -0.39 is 12.1 Å². The van der Waals surface area contributed by atoms with E-state index in [-0.39, 0.29) is 5.91 Å². The Bertz CT molecular complexity index is 1390. The molecule has 0 unspecified atom stereocenters. The van der Waals surface area contributed by atoms with Gasteiger partial charge in [-0.3, -0.25) is 9.78 Å². The highest BCUT2D eigenvalue weighted by Gasteiger charge is 2.26. The molecule has 3 aromatic carbocycles. The van der Waals surface area contributed by atoms with Crippen molar-refractivity contribution in [3.05, 3.63) is 126 Å². The second-order valence-electron chi connectivity index (χ2n) is 9.35. The third kappa shape index (κ3) is 6.35. The number of nitrogens with one attached hydrogen (secondary N) is 2. The topological polar surface area (TPSA) is 83.5 Å². The zero-order valence-electron chi connectivity index (χ0n) is 21.1. The van der Waals surface area contributed by atoms with Crippen molar-refractivity contribution in [1.82, 2.24) is 15.6 Å². The third-order valence-electron chi connectivity index (χ3n) is 6.61. The first-order valence-corrected chi connectivity index (χ1v) is 12.9. The molecule has 38 heavy (non-hydrogen) atoms. The minimum atomic E-state index is -0.793. The number of rotatable bonds is 10. The Balaban J connectivity index is 1.34. The average Bonchev–Trinajstić information content (AvgIpc) is 3.13. The van der Waals surface area contributed by atoms with E-state index in [1.165, 1.54) is 0 Å². The van der Waals surface area contributed by atoms with Crippen LogP contribution in [0, 0.1) is 0 Å². The van der Waals surface area contributed by atoms with Crippen LogP contribution in [0.3, 0.4) is 0 Å². The summed E-state index contributed by atoms with van der Waals surface area (Å²) >= 11 is 0.